The molecule has 3 rings (SSSR count). The molecule has 0 saturated carbocycles. The van der Waals surface area contributed by atoms with Crippen molar-refractivity contribution in [1.82, 2.24) is 4.31 Å². The number of nitrogens with one attached hydrogen (secondary N) is 2. The van der Waals surface area contributed by atoms with Gasteiger partial charge in [-0.05, 0) is 73.2 Å². The van der Waals surface area contributed by atoms with Gasteiger partial charge in [-0.15, -0.1) is 0 Å². The average Bonchev–Trinajstić information content (AvgIpc) is 2.81. The molecule has 0 unspecified atom stereocenters. The molecule has 3 aromatic carbocycles. The third-order valence-corrected chi connectivity index (χ3v) is 8.61. The van der Waals surface area contributed by atoms with Gasteiger partial charge in [0.05, 0.1) is 16.3 Å². The summed E-state index contributed by atoms with van der Waals surface area (Å²) < 4.78 is 54.6. The fraction of sp³-hybridized carbons (Fsp3) is 0.174. The van der Waals surface area contributed by atoms with Crippen molar-refractivity contribution in [3.05, 3.63) is 82.9 Å². The molecule has 0 radical (unpaired) electrons. The van der Waals surface area contributed by atoms with E-state index in [-0.39, 0.29) is 4.90 Å². The number of hydrogen-bond acceptors (Lipinski definition) is 5. The summed E-state index contributed by atoms with van der Waals surface area (Å²) in [6, 6.07) is 16.7. The van der Waals surface area contributed by atoms with Crippen LogP contribution in [0.2, 0.25) is 5.02 Å². The van der Waals surface area contributed by atoms with Crippen LogP contribution in [0.3, 0.4) is 0 Å². The Morgan fingerprint density at radius 3 is 2.03 bits per heavy atom. The number of carbonyl (C=O) groups excluding carboxylic acids is 1. The summed E-state index contributed by atoms with van der Waals surface area (Å²) in [5, 5.41) is 3.10. The van der Waals surface area contributed by atoms with E-state index in [1.54, 1.807) is 19.1 Å². The van der Waals surface area contributed by atoms with Gasteiger partial charge >= 0.3 is 10.2 Å². The number of hydrogen-bond donors (Lipinski definition) is 2. The first-order valence-corrected chi connectivity index (χ1v) is 13.5. The highest BCUT2D eigenvalue weighted by Gasteiger charge is 2.21. The van der Waals surface area contributed by atoms with Gasteiger partial charge in [0.1, 0.15) is 0 Å². The Morgan fingerprint density at radius 2 is 1.46 bits per heavy atom. The zero-order valence-corrected chi connectivity index (χ0v) is 21.9. The number of carbonyl (C=O) groups is 1. The molecular formula is C23H25ClN4O5S2. The Kier molecular flexibility index (Phi) is 7.75. The molecule has 3 aromatic rings. The Balaban J connectivity index is 1.70. The molecule has 12 heteroatoms. The van der Waals surface area contributed by atoms with Crippen LogP contribution in [-0.4, -0.2) is 48.2 Å². The lowest BCUT2D eigenvalue weighted by atomic mass is 10.2. The Labute approximate surface area is 210 Å². The van der Waals surface area contributed by atoms with Crippen molar-refractivity contribution in [3.63, 3.8) is 0 Å². The van der Waals surface area contributed by atoms with E-state index in [1.165, 1.54) is 75.7 Å². The number of benzene rings is 3. The number of sulfonamides is 1. The van der Waals surface area contributed by atoms with Gasteiger partial charge in [-0.3, -0.25) is 13.8 Å². The molecule has 0 aliphatic rings. The minimum absolute atomic E-state index is 0.0179. The molecule has 0 aromatic heterocycles. The predicted molar refractivity (Wildman–Crippen MR) is 139 cm³/mol. The molecule has 0 heterocycles. The highest BCUT2D eigenvalue weighted by atomic mass is 35.5. The number of aryl methyl sites for hydroxylation is 1. The quantitative estimate of drug-likeness (QED) is 0.452. The van der Waals surface area contributed by atoms with Gasteiger partial charge in [0.25, 0.3) is 15.9 Å². The molecule has 2 N–H and O–H groups in total. The van der Waals surface area contributed by atoms with Crippen molar-refractivity contribution in [1.29, 1.82) is 0 Å². The first-order chi connectivity index (χ1) is 16.3. The van der Waals surface area contributed by atoms with Crippen LogP contribution >= 0.6 is 11.6 Å². The average molecular weight is 537 g/mol. The smallest absolute Gasteiger partial charge is 0.303 e. The molecule has 0 saturated heterocycles. The molecular weight excluding hydrogens is 512 g/mol. The fourth-order valence-electron chi connectivity index (χ4n) is 3.03. The van der Waals surface area contributed by atoms with Crippen LogP contribution in [0.4, 0.5) is 17.1 Å². The molecule has 0 spiro atoms. The summed E-state index contributed by atoms with van der Waals surface area (Å²) >= 11 is 5.96. The standard InChI is InChI=1S/C23H25ClN4O5S2/c1-16-5-8-18(24)15-22(16)26-34(30,31)21-13-9-19(10-14-21)25-23(29)17-6-11-20(12-7-17)28(4)35(32,33)27(2)3/h5-15,26H,1-4H3,(H,25,29). The van der Waals surface area contributed by atoms with Crippen molar-refractivity contribution in [2.75, 3.05) is 35.5 Å². The van der Waals surface area contributed by atoms with Gasteiger partial charge in [-0.1, -0.05) is 17.7 Å². The third kappa shape index (κ3) is 6.12. The monoisotopic (exact) mass is 536 g/mol. The van der Waals surface area contributed by atoms with Crippen molar-refractivity contribution >= 4 is 54.8 Å². The number of anilines is 3. The van der Waals surface area contributed by atoms with Gasteiger partial charge < -0.3 is 5.32 Å². The summed E-state index contributed by atoms with van der Waals surface area (Å²) in [5.74, 6) is -0.432. The van der Waals surface area contributed by atoms with Crippen molar-refractivity contribution in [3.8, 4) is 0 Å². The van der Waals surface area contributed by atoms with E-state index in [1.807, 2.05) is 0 Å². The normalized spacial score (nSPS) is 11.8. The minimum atomic E-state index is -3.86. The van der Waals surface area contributed by atoms with Crippen LogP contribution in [0.5, 0.6) is 0 Å². The van der Waals surface area contributed by atoms with E-state index in [2.05, 4.69) is 10.0 Å². The summed E-state index contributed by atoms with van der Waals surface area (Å²) in [7, 11) is -3.23. The maximum Gasteiger partial charge on any atom is 0.303 e. The lowest BCUT2D eigenvalue weighted by Crippen LogP contribution is -2.37. The van der Waals surface area contributed by atoms with Crippen molar-refractivity contribution in [2.45, 2.75) is 11.8 Å². The van der Waals surface area contributed by atoms with E-state index < -0.39 is 26.1 Å². The van der Waals surface area contributed by atoms with Crippen LogP contribution in [0.25, 0.3) is 0 Å². The molecule has 9 nitrogen and oxygen atoms in total. The fourth-order valence-corrected chi connectivity index (χ4v) is 5.20. The summed E-state index contributed by atoms with van der Waals surface area (Å²) in [4.78, 5) is 12.6. The van der Waals surface area contributed by atoms with Crippen LogP contribution in [0.15, 0.2) is 71.6 Å². The molecule has 1 amide bonds. The maximum atomic E-state index is 12.7. The van der Waals surface area contributed by atoms with Gasteiger partial charge in [0.15, 0.2) is 0 Å². The lowest BCUT2D eigenvalue weighted by molar-refractivity contribution is 0.102. The maximum absolute atomic E-state index is 12.7. The number of nitrogens with zero attached hydrogens (tertiary/aromatic N) is 2. The Bertz CT molecular complexity index is 1440. The van der Waals surface area contributed by atoms with Crippen LogP contribution in [-0.2, 0) is 20.2 Å². The second kappa shape index (κ2) is 10.2. The van der Waals surface area contributed by atoms with Gasteiger partial charge in [-0.25, -0.2) is 8.42 Å². The number of amides is 1. The third-order valence-electron chi connectivity index (χ3n) is 5.17. The summed E-state index contributed by atoms with van der Waals surface area (Å²) in [5.41, 5.74) is 2.19. The number of rotatable bonds is 8. The van der Waals surface area contributed by atoms with E-state index in [0.29, 0.717) is 27.6 Å². The summed E-state index contributed by atoms with van der Waals surface area (Å²) in [6.45, 7) is 1.76. The summed E-state index contributed by atoms with van der Waals surface area (Å²) in [6.07, 6.45) is 0. The van der Waals surface area contributed by atoms with Gasteiger partial charge in [0, 0.05) is 37.4 Å². The Morgan fingerprint density at radius 1 is 0.857 bits per heavy atom. The zero-order chi connectivity index (χ0) is 26.0. The predicted octanol–water partition coefficient (Wildman–Crippen LogP) is 3.94. The first-order valence-electron chi connectivity index (χ1n) is 10.3. The molecule has 0 bridgehead atoms. The Hall–Kier alpha value is -3.12. The lowest BCUT2D eigenvalue weighted by Gasteiger charge is -2.23. The van der Waals surface area contributed by atoms with Gasteiger partial charge in [0.2, 0.25) is 0 Å². The van der Waals surface area contributed by atoms with E-state index in [4.69, 9.17) is 11.6 Å². The topological polar surface area (TPSA) is 116 Å². The van der Waals surface area contributed by atoms with E-state index in [0.717, 1.165) is 14.2 Å². The van der Waals surface area contributed by atoms with Crippen LogP contribution in [0, 0.1) is 6.92 Å². The second-order valence-corrected chi connectivity index (χ2v) is 12.1. The zero-order valence-electron chi connectivity index (χ0n) is 19.5. The SMILES string of the molecule is Cc1ccc(Cl)cc1NS(=O)(=O)c1ccc(NC(=O)c2ccc(N(C)S(=O)(=O)N(C)C)cc2)cc1. The molecule has 0 fully saturated rings. The van der Waals surface area contributed by atoms with Crippen LogP contribution in [0.1, 0.15) is 15.9 Å². The molecule has 0 aliphatic carbocycles. The number of halogens is 1. The van der Waals surface area contributed by atoms with Crippen molar-refractivity contribution < 1.29 is 21.6 Å². The second-order valence-electron chi connectivity index (χ2n) is 7.85. The molecule has 186 valence electrons. The van der Waals surface area contributed by atoms with Crippen molar-refractivity contribution in [2.24, 2.45) is 0 Å². The largest absolute Gasteiger partial charge is 0.322 e. The van der Waals surface area contributed by atoms with Crippen LogP contribution < -0.4 is 14.3 Å². The highest BCUT2D eigenvalue weighted by molar-refractivity contribution is 7.92. The molecule has 35 heavy (non-hydrogen) atoms. The van der Waals surface area contributed by atoms with Gasteiger partial charge in [-0.2, -0.15) is 12.7 Å². The first kappa shape index (κ1) is 26.5. The highest BCUT2D eigenvalue weighted by Crippen LogP contribution is 2.24. The molecule has 0 aliphatic heterocycles. The minimum Gasteiger partial charge on any atom is -0.322 e. The van der Waals surface area contributed by atoms with E-state index in [9.17, 15) is 21.6 Å². The van der Waals surface area contributed by atoms with E-state index >= 15 is 0 Å². The molecule has 0 atom stereocenters.